The monoisotopic (exact) mass is 645 g/mol. The van der Waals surface area contributed by atoms with Gasteiger partial charge in [-0.25, -0.2) is 32.3 Å². The minimum Gasteiger partial charge on any atom is -0.481 e. The Morgan fingerprint density at radius 3 is 2.33 bits per heavy atom. The first-order valence-electron chi connectivity index (χ1n) is 14.2. The molecule has 0 atom stereocenters. The maximum Gasteiger partial charge on any atom is 0.254 e. The molecule has 10 nitrogen and oxygen atoms in total. The van der Waals surface area contributed by atoms with Crippen molar-refractivity contribution in [2.75, 3.05) is 39.1 Å². The fourth-order valence-electron chi connectivity index (χ4n) is 5.63. The van der Waals surface area contributed by atoms with Gasteiger partial charge in [-0.2, -0.15) is 0 Å². The van der Waals surface area contributed by atoms with Gasteiger partial charge in [0.2, 0.25) is 15.9 Å². The lowest BCUT2D eigenvalue weighted by Crippen LogP contribution is -2.40. The molecule has 0 bridgehead atoms. The van der Waals surface area contributed by atoms with E-state index >= 15 is 8.78 Å². The average molecular weight is 646 g/mol. The number of primary sulfonamides is 1. The van der Waals surface area contributed by atoms with Gasteiger partial charge < -0.3 is 20.1 Å². The fourth-order valence-corrected chi connectivity index (χ4v) is 6.24. The van der Waals surface area contributed by atoms with E-state index in [-0.39, 0.29) is 17.4 Å². The Bertz CT molecular complexity index is 2120. The number of hydrogen-bond donors (Lipinski definition) is 2. The number of morpholine rings is 1. The third-order valence-corrected chi connectivity index (χ3v) is 8.93. The van der Waals surface area contributed by atoms with Crippen molar-refractivity contribution in [2.24, 2.45) is 5.14 Å². The highest BCUT2D eigenvalue weighted by molar-refractivity contribution is 7.89. The predicted molar refractivity (Wildman–Crippen MR) is 170 cm³/mol. The molecule has 236 valence electrons. The van der Waals surface area contributed by atoms with Crippen LogP contribution in [0.2, 0.25) is 0 Å². The van der Waals surface area contributed by atoms with Crippen LogP contribution in [0.4, 0.5) is 14.6 Å². The largest absolute Gasteiger partial charge is 0.481 e. The van der Waals surface area contributed by atoms with E-state index < -0.39 is 32.1 Å². The highest BCUT2D eigenvalue weighted by Crippen LogP contribution is 2.41. The number of hydrogen-bond acceptors (Lipinski definition) is 8. The highest BCUT2D eigenvalue weighted by atomic mass is 32.2. The van der Waals surface area contributed by atoms with Gasteiger partial charge in [-0.1, -0.05) is 18.2 Å². The molecule has 0 radical (unpaired) electrons. The molecular formula is C33H29F2N5O5S. The molecule has 3 aromatic carbocycles. The molecule has 0 aliphatic carbocycles. The molecule has 2 aromatic heterocycles. The summed E-state index contributed by atoms with van der Waals surface area (Å²) in [5, 5.41) is 5.90. The lowest BCUT2D eigenvalue weighted by Gasteiger charge is -2.26. The van der Waals surface area contributed by atoms with E-state index in [9.17, 15) is 13.2 Å². The number of sulfonamides is 1. The summed E-state index contributed by atoms with van der Waals surface area (Å²) in [5.41, 5.74) is 9.81. The second-order valence-electron chi connectivity index (χ2n) is 10.8. The Morgan fingerprint density at radius 2 is 1.65 bits per heavy atom. The third-order valence-electron chi connectivity index (χ3n) is 8.01. The standard InChI is InChI=1S/C33H29F2N5O5S/c1-18-24(17-38-32(44-2)28(18)29-25(34)8-10-27(30(29)35)46(37,42)43)21-7-9-26-22(15-21)16-23(31(36)39-26)19-3-5-20(6-4-19)33(41)40-11-13-45-14-12-40/h3-10,15-17H,11-14H2,1-2H3,(H2,36,39)(H2,37,42,43). The zero-order valence-corrected chi connectivity index (χ0v) is 25.7. The second-order valence-corrected chi connectivity index (χ2v) is 12.3. The molecule has 4 N–H and O–H groups in total. The number of aromatic nitrogens is 2. The number of benzene rings is 3. The minimum absolute atomic E-state index is 0.0524. The molecule has 5 aromatic rings. The van der Waals surface area contributed by atoms with Gasteiger partial charge in [0.25, 0.3) is 5.91 Å². The van der Waals surface area contributed by atoms with Gasteiger partial charge in [0.15, 0.2) is 5.82 Å². The normalized spacial score (nSPS) is 13.6. The number of nitrogens with zero attached hydrogens (tertiary/aromatic N) is 3. The molecule has 3 heterocycles. The number of carbonyl (C=O) groups is 1. The summed E-state index contributed by atoms with van der Waals surface area (Å²) in [7, 11) is -3.19. The van der Waals surface area contributed by atoms with Gasteiger partial charge in [-0.3, -0.25) is 4.79 Å². The lowest BCUT2D eigenvalue weighted by molar-refractivity contribution is 0.0303. The van der Waals surface area contributed by atoms with Gasteiger partial charge in [-0.05, 0) is 66.1 Å². The summed E-state index contributed by atoms with van der Waals surface area (Å²) in [6.07, 6.45) is 1.51. The summed E-state index contributed by atoms with van der Waals surface area (Å²) in [6.45, 7) is 3.74. The van der Waals surface area contributed by atoms with Crippen molar-refractivity contribution in [3.63, 3.8) is 0 Å². The molecule has 0 spiro atoms. The van der Waals surface area contributed by atoms with E-state index in [0.29, 0.717) is 65.5 Å². The molecule has 1 aliphatic heterocycles. The number of halogens is 2. The predicted octanol–water partition coefficient (Wildman–Crippen LogP) is 4.93. The number of nitrogen functional groups attached to an aromatic ring is 1. The molecule has 0 saturated carbocycles. The maximum atomic E-state index is 15.5. The first-order chi connectivity index (χ1) is 22.0. The van der Waals surface area contributed by atoms with E-state index in [1.165, 1.54) is 13.3 Å². The quantitative estimate of drug-likeness (QED) is 0.264. The fraction of sp³-hybridized carbons (Fsp3) is 0.182. The van der Waals surface area contributed by atoms with Crippen LogP contribution in [0, 0.1) is 18.6 Å². The minimum atomic E-state index is -4.49. The first kappa shape index (κ1) is 31.0. The van der Waals surface area contributed by atoms with Crippen LogP contribution in [0.1, 0.15) is 15.9 Å². The molecule has 1 aliphatic rings. The van der Waals surface area contributed by atoms with E-state index in [1.807, 2.05) is 24.3 Å². The van der Waals surface area contributed by atoms with Gasteiger partial charge in [0.1, 0.15) is 16.5 Å². The van der Waals surface area contributed by atoms with Gasteiger partial charge >= 0.3 is 0 Å². The average Bonchev–Trinajstić information content (AvgIpc) is 3.04. The van der Waals surface area contributed by atoms with Crippen molar-refractivity contribution in [3.05, 3.63) is 89.6 Å². The van der Waals surface area contributed by atoms with Crippen molar-refractivity contribution >= 4 is 32.7 Å². The SMILES string of the molecule is COc1ncc(-c2ccc3nc(N)c(-c4ccc(C(=O)N5CCOCC5)cc4)cc3c2)c(C)c1-c1c(F)ccc(S(N)(=O)=O)c1F. The van der Waals surface area contributed by atoms with E-state index in [4.69, 9.17) is 20.3 Å². The maximum absolute atomic E-state index is 15.5. The van der Waals surface area contributed by atoms with E-state index in [2.05, 4.69) is 9.97 Å². The van der Waals surface area contributed by atoms with Crippen molar-refractivity contribution in [1.29, 1.82) is 0 Å². The van der Waals surface area contributed by atoms with Crippen LogP contribution >= 0.6 is 0 Å². The van der Waals surface area contributed by atoms with Crippen molar-refractivity contribution in [3.8, 4) is 39.3 Å². The molecule has 0 unspecified atom stereocenters. The molecule has 6 rings (SSSR count). The number of nitrogens with two attached hydrogens (primary N) is 2. The van der Waals surface area contributed by atoms with Crippen LogP contribution < -0.4 is 15.6 Å². The summed E-state index contributed by atoms with van der Waals surface area (Å²) in [6, 6.07) is 16.0. The lowest BCUT2D eigenvalue weighted by atomic mass is 9.93. The Morgan fingerprint density at radius 1 is 0.957 bits per heavy atom. The zero-order valence-electron chi connectivity index (χ0n) is 24.9. The molecular weight excluding hydrogens is 616 g/mol. The number of amides is 1. The summed E-state index contributed by atoms with van der Waals surface area (Å²) < 4.78 is 65.3. The van der Waals surface area contributed by atoms with Crippen LogP contribution in [-0.4, -0.2) is 62.6 Å². The molecule has 13 heteroatoms. The topological polar surface area (TPSA) is 151 Å². The number of ether oxygens (including phenoxy) is 2. The molecule has 46 heavy (non-hydrogen) atoms. The van der Waals surface area contributed by atoms with Crippen LogP contribution in [-0.2, 0) is 14.8 Å². The zero-order chi connectivity index (χ0) is 32.7. The van der Waals surface area contributed by atoms with Crippen molar-refractivity contribution in [2.45, 2.75) is 11.8 Å². The van der Waals surface area contributed by atoms with E-state index in [1.54, 1.807) is 36.1 Å². The summed E-state index contributed by atoms with van der Waals surface area (Å²) in [5.74, 6) is -2.21. The number of pyridine rings is 2. The number of rotatable bonds is 6. The smallest absolute Gasteiger partial charge is 0.254 e. The molecule has 1 amide bonds. The first-order valence-corrected chi connectivity index (χ1v) is 15.8. The van der Waals surface area contributed by atoms with Crippen molar-refractivity contribution in [1.82, 2.24) is 14.9 Å². The number of methoxy groups -OCH3 is 1. The van der Waals surface area contributed by atoms with Crippen LogP contribution in [0.25, 0.3) is 44.3 Å². The highest BCUT2D eigenvalue weighted by Gasteiger charge is 2.27. The third kappa shape index (κ3) is 5.64. The Balaban J connectivity index is 1.42. The van der Waals surface area contributed by atoms with Crippen LogP contribution in [0.15, 0.2) is 71.8 Å². The number of carbonyl (C=O) groups excluding carboxylic acids is 1. The number of anilines is 1. The van der Waals surface area contributed by atoms with Crippen LogP contribution in [0.5, 0.6) is 5.88 Å². The van der Waals surface area contributed by atoms with Gasteiger partial charge in [-0.15, -0.1) is 0 Å². The van der Waals surface area contributed by atoms with Crippen LogP contribution in [0.3, 0.4) is 0 Å². The Kier molecular flexibility index (Phi) is 8.15. The number of fused-ring (bicyclic) bond motifs is 1. The summed E-state index contributed by atoms with van der Waals surface area (Å²) in [4.78, 5) is 22.7. The van der Waals surface area contributed by atoms with E-state index in [0.717, 1.165) is 23.1 Å². The second kappa shape index (κ2) is 12.1. The summed E-state index contributed by atoms with van der Waals surface area (Å²) >= 11 is 0. The Hall–Kier alpha value is -4.98. The van der Waals surface area contributed by atoms with Gasteiger partial charge in [0, 0.05) is 41.4 Å². The molecule has 1 fully saturated rings. The Labute approximate surface area is 263 Å². The van der Waals surface area contributed by atoms with Gasteiger partial charge in [0.05, 0.1) is 37.0 Å². The van der Waals surface area contributed by atoms with Crippen molar-refractivity contribution < 1.29 is 31.5 Å². The molecule has 1 saturated heterocycles.